The van der Waals surface area contributed by atoms with Gasteiger partial charge < -0.3 is 9.84 Å². The summed E-state index contributed by atoms with van der Waals surface area (Å²) in [5, 5.41) is 12.6. The van der Waals surface area contributed by atoms with Crippen LogP contribution in [0.3, 0.4) is 0 Å². The number of hydrogen-bond acceptors (Lipinski definition) is 5. The Hall–Kier alpha value is -3.05. The fourth-order valence-electron chi connectivity index (χ4n) is 4.67. The summed E-state index contributed by atoms with van der Waals surface area (Å²) in [5.41, 5.74) is 3.16. The van der Waals surface area contributed by atoms with Crippen LogP contribution in [0, 0.1) is 0 Å². The Morgan fingerprint density at radius 3 is 1.51 bits per heavy atom. The predicted molar refractivity (Wildman–Crippen MR) is 172 cm³/mol. The SMILES string of the molecule is COC(=O)c1cc(-c2ccc3cc([Si](C)(C)C)sc3c2)c(C(=O)O)cc1-c1ccc2cc([Si](C)(C)C)sc2c1. The van der Waals surface area contributed by atoms with Crippen LogP contribution in [0.15, 0.2) is 60.7 Å². The van der Waals surface area contributed by atoms with Crippen molar-refractivity contribution < 1.29 is 19.4 Å². The zero-order valence-electron chi connectivity index (χ0n) is 23.3. The number of hydrogen-bond donors (Lipinski definition) is 1. The van der Waals surface area contributed by atoms with Gasteiger partial charge in [0.1, 0.15) is 0 Å². The van der Waals surface area contributed by atoms with Crippen molar-refractivity contribution in [1.82, 2.24) is 0 Å². The molecule has 0 aliphatic heterocycles. The largest absolute Gasteiger partial charge is 0.478 e. The van der Waals surface area contributed by atoms with Crippen molar-refractivity contribution in [3.8, 4) is 22.3 Å². The number of carbonyl (C=O) groups excluding carboxylic acids is 1. The molecule has 0 bridgehead atoms. The summed E-state index contributed by atoms with van der Waals surface area (Å²) in [5.74, 6) is -1.52. The Labute approximate surface area is 238 Å². The molecule has 0 atom stereocenters. The molecule has 4 nitrogen and oxygen atoms in total. The maximum Gasteiger partial charge on any atom is 0.338 e. The number of fused-ring (bicyclic) bond motifs is 2. The summed E-state index contributed by atoms with van der Waals surface area (Å²) in [6.45, 7) is 13.9. The van der Waals surface area contributed by atoms with E-state index in [1.54, 1.807) is 34.8 Å². The molecular formula is C31H32O4S2Si2. The number of carboxylic acid groups (broad SMARTS) is 1. The van der Waals surface area contributed by atoms with Gasteiger partial charge in [0.2, 0.25) is 0 Å². The van der Waals surface area contributed by atoms with Crippen molar-refractivity contribution in [3.63, 3.8) is 0 Å². The zero-order valence-corrected chi connectivity index (χ0v) is 26.9. The molecule has 2 aromatic heterocycles. The molecule has 0 amide bonds. The van der Waals surface area contributed by atoms with E-state index < -0.39 is 28.1 Å². The molecule has 0 aliphatic rings. The first-order chi connectivity index (χ1) is 18.3. The number of thiophene rings is 2. The highest BCUT2D eigenvalue weighted by Crippen LogP contribution is 2.37. The summed E-state index contributed by atoms with van der Waals surface area (Å²) in [6, 6.07) is 19.9. The second-order valence-corrected chi connectivity index (χ2v) is 24.9. The lowest BCUT2D eigenvalue weighted by atomic mass is 9.90. The van der Waals surface area contributed by atoms with Crippen molar-refractivity contribution in [3.05, 3.63) is 71.8 Å². The van der Waals surface area contributed by atoms with Crippen LogP contribution in [-0.4, -0.2) is 40.3 Å². The lowest BCUT2D eigenvalue weighted by Crippen LogP contribution is -2.34. The Morgan fingerprint density at radius 1 is 0.667 bits per heavy atom. The van der Waals surface area contributed by atoms with Crippen molar-refractivity contribution in [2.24, 2.45) is 0 Å². The van der Waals surface area contributed by atoms with E-state index in [1.807, 2.05) is 24.3 Å². The quantitative estimate of drug-likeness (QED) is 0.161. The number of carbonyl (C=O) groups is 2. The summed E-state index contributed by atoms with van der Waals surface area (Å²) in [7, 11) is -1.60. The molecule has 0 saturated heterocycles. The highest BCUT2D eigenvalue weighted by Gasteiger charge is 2.24. The first kappa shape index (κ1) is 27.5. The highest BCUT2D eigenvalue weighted by molar-refractivity contribution is 7.31. The van der Waals surface area contributed by atoms with E-state index in [1.165, 1.54) is 16.1 Å². The van der Waals surface area contributed by atoms with Gasteiger partial charge in [0.25, 0.3) is 0 Å². The average Bonchev–Trinajstić information content (AvgIpc) is 3.51. The third kappa shape index (κ3) is 5.26. The maximum atomic E-state index is 13.0. The molecular weight excluding hydrogens is 557 g/mol. The Kier molecular flexibility index (Phi) is 6.95. The van der Waals surface area contributed by atoms with Gasteiger partial charge in [0.15, 0.2) is 0 Å². The zero-order chi connectivity index (χ0) is 28.3. The molecule has 8 heteroatoms. The summed E-state index contributed by atoms with van der Waals surface area (Å²) >= 11 is 3.56. The number of methoxy groups -OCH3 is 1. The minimum atomic E-state index is -1.48. The molecule has 5 rings (SSSR count). The molecule has 200 valence electrons. The Bertz CT molecular complexity index is 1770. The summed E-state index contributed by atoms with van der Waals surface area (Å²) in [4.78, 5) is 25.6. The number of aromatic carboxylic acids is 1. The van der Waals surface area contributed by atoms with Crippen LogP contribution in [0.1, 0.15) is 20.7 Å². The smallest absolute Gasteiger partial charge is 0.338 e. The van der Waals surface area contributed by atoms with Gasteiger partial charge in [-0.25, -0.2) is 9.59 Å². The number of benzene rings is 3. The van der Waals surface area contributed by atoms with Crippen molar-refractivity contribution in [1.29, 1.82) is 0 Å². The minimum Gasteiger partial charge on any atom is -0.478 e. The molecule has 0 unspecified atom stereocenters. The van der Waals surface area contributed by atoms with E-state index in [2.05, 4.69) is 63.5 Å². The van der Waals surface area contributed by atoms with Crippen molar-refractivity contribution >= 4 is 79.9 Å². The maximum absolute atomic E-state index is 13.0. The molecule has 39 heavy (non-hydrogen) atoms. The van der Waals surface area contributed by atoms with Gasteiger partial charge in [-0.3, -0.25) is 0 Å². The lowest BCUT2D eigenvalue weighted by molar-refractivity contribution is 0.0599. The van der Waals surface area contributed by atoms with E-state index in [-0.39, 0.29) is 5.56 Å². The lowest BCUT2D eigenvalue weighted by Gasteiger charge is -2.15. The van der Waals surface area contributed by atoms with Gasteiger partial charge >= 0.3 is 11.9 Å². The molecule has 2 heterocycles. The minimum absolute atomic E-state index is 0.160. The van der Waals surface area contributed by atoms with Gasteiger partial charge in [-0.1, -0.05) is 63.5 Å². The third-order valence-electron chi connectivity index (χ3n) is 6.93. The van der Waals surface area contributed by atoms with Gasteiger partial charge in [-0.15, -0.1) is 22.7 Å². The topological polar surface area (TPSA) is 63.6 Å². The molecule has 5 aromatic rings. The first-order valence-electron chi connectivity index (χ1n) is 12.8. The molecule has 1 N–H and O–H groups in total. The van der Waals surface area contributed by atoms with E-state index in [4.69, 9.17) is 4.74 Å². The predicted octanol–water partition coefficient (Wildman–Crippen LogP) is 8.03. The molecule has 0 fully saturated rings. The van der Waals surface area contributed by atoms with E-state index >= 15 is 0 Å². The third-order valence-corrected chi connectivity index (χ3v) is 16.3. The van der Waals surface area contributed by atoms with Crippen LogP contribution < -0.4 is 9.00 Å². The van der Waals surface area contributed by atoms with Crippen molar-refractivity contribution in [2.45, 2.75) is 39.3 Å². The number of rotatable bonds is 6. The fraction of sp³-hybridized carbons (Fsp3) is 0.226. The van der Waals surface area contributed by atoms with E-state index in [0.717, 1.165) is 31.3 Å². The highest BCUT2D eigenvalue weighted by atomic mass is 32.1. The first-order valence-corrected chi connectivity index (χ1v) is 21.5. The standard InChI is InChI=1S/C31H32O4S2Si2/c1-35-31(34)25-17-22(18-8-10-20-14-28(38(2,3)4)36-26(20)12-18)24(30(32)33)16-23(25)19-9-11-21-15-29(39(5,6)7)37-27(21)13-19/h8-17H,1-7H3,(H,32,33). The molecule has 0 saturated carbocycles. The van der Waals surface area contributed by atoms with Gasteiger partial charge in [0.05, 0.1) is 34.4 Å². The van der Waals surface area contributed by atoms with Crippen LogP contribution in [0.4, 0.5) is 0 Å². The van der Waals surface area contributed by atoms with Crippen LogP contribution in [0.2, 0.25) is 39.3 Å². The number of carboxylic acids is 1. The summed E-state index contributed by atoms with van der Waals surface area (Å²) < 4.78 is 10.2. The second-order valence-electron chi connectivity index (χ2n) is 12.0. The number of ether oxygens (including phenoxy) is 1. The number of esters is 1. The molecule has 0 spiro atoms. The van der Waals surface area contributed by atoms with E-state index in [0.29, 0.717) is 16.7 Å². The van der Waals surface area contributed by atoms with Crippen LogP contribution in [0.25, 0.3) is 42.4 Å². The second kappa shape index (κ2) is 9.85. The van der Waals surface area contributed by atoms with E-state index in [9.17, 15) is 14.7 Å². The van der Waals surface area contributed by atoms with Crippen molar-refractivity contribution in [2.75, 3.05) is 7.11 Å². The summed E-state index contributed by atoms with van der Waals surface area (Å²) in [6.07, 6.45) is 0. The van der Waals surface area contributed by atoms with Crippen LogP contribution in [0.5, 0.6) is 0 Å². The molecule has 0 radical (unpaired) electrons. The van der Waals surface area contributed by atoms with Gasteiger partial charge in [-0.2, -0.15) is 0 Å². The van der Waals surface area contributed by atoms with Gasteiger partial charge in [0, 0.05) is 9.40 Å². The van der Waals surface area contributed by atoms with Crippen LogP contribution >= 0.6 is 22.7 Å². The van der Waals surface area contributed by atoms with Gasteiger partial charge in [-0.05, 0) is 78.4 Å². The monoisotopic (exact) mass is 588 g/mol. The average molecular weight is 589 g/mol. The Morgan fingerprint density at radius 2 is 1.10 bits per heavy atom. The molecule has 3 aromatic carbocycles. The fourth-order valence-corrected chi connectivity index (χ4v) is 10.7. The van der Waals surface area contributed by atoms with Crippen LogP contribution in [-0.2, 0) is 4.74 Å². The Balaban J connectivity index is 1.70. The normalized spacial score (nSPS) is 12.3. The molecule has 0 aliphatic carbocycles.